The molecule has 1 heterocycles. The molecule has 2 aromatic rings. The molecule has 0 aliphatic heterocycles. The predicted molar refractivity (Wildman–Crippen MR) is 83.8 cm³/mol. The molecule has 0 radical (unpaired) electrons. The van der Waals surface area contributed by atoms with Crippen LogP contribution in [0.5, 0.6) is 5.75 Å². The fourth-order valence-corrected chi connectivity index (χ4v) is 2.27. The summed E-state index contributed by atoms with van der Waals surface area (Å²) in [4.78, 5) is 22.5. The second-order valence-corrected chi connectivity index (χ2v) is 5.22. The fourth-order valence-electron chi connectivity index (χ4n) is 1.99. The summed E-state index contributed by atoms with van der Waals surface area (Å²) >= 11 is 6.03. The molecular formula is C16H16ClNO5. The van der Waals surface area contributed by atoms with Gasteiger partial charge in [-0.25, -0.2) is 4.79 Å². The molecule has 122 valence electrons. The van der Waals surface area contributed by atoms with Crippen molar-refractivity contribution < 1.29 is 23.8 Å². The van der Waals surface area contributed by atoms with E-state index in [1.165, 1.54) is 12.1 Å². The van der Waals surface area contributed by atoms with Gasteiger partial charge >= 0.3 is 5.97 Å². The molecule has 1 amide bonds. The number of methoxy groups -OCH3 is 1. The van der Waals surface area contributed by atoms with Crippen LogP contribution in [0.1, 0.15) is 28.3 Å². The number of hydrogen-bond donors (Lipinski definition) is 2. The molecule has 0 fully saturated rings. The molecule has 0 spiro atoms. The van der Waals surface area contributed by atoms with Crippen LogP contribution in [0.2, 0.25) is 5.02 Å². The largest absolute Gasteiger partial charge is 0.495 e. The van der Waals surface area contributed by atoms with E-state index in [-0.39, 0.29) is 24.6 Å². The number of aryl methyl sites for hydroxylation is 1. The summed E-state index contributed by atoms with van der Waals surface area (Å²) in [5, 5.41) is 11.9. The number of halogens is 1. The standard InChI is InChI=1S/C16H16ClNO5/c1-22-13-5-2-10(8-12(13)17)3-7-15(19)18-9-11-4-6-14(23-11)16(20)21/h2,4-6,8H,3,7,9H2,1H3,(H,18,19)(H,20,21). The minimum Gasteiger partial charge on any atom is -0.495 e. The lowest BCUT2D eigenvalue weighted by Gasteiger charge is -2.06. The molecule has 0 aliphatic carbocycles. The van der Waals surface area contributed by atoms with E-state index >= 15 is 0 Å². The molecule has 7 heteroatoms. The zero-order valence-electron chi connectivity index (χ0n) is 12.5. The third kappa shape index (κ3) is 4.75. The third-order valence-corrected chi connectivity index (χ3v) is 3.48. The second-order valence-electron chi connectivity index (χ2n) is 4.82. The number of rotatable bonds is 7. The topological polar surface area (TPSA) is 88.8 Å². The van der Waals surface area contributed by atoms with Crippen LogP contribution in [-0.4, -0.2) is 24.1 Å². The van der Waals surface area contributed by atoms with E-state index in [0.29, 0.717) is 23.0 Å². The molecule has 0 aliphatic rings. The Morgan fingerprint density at radius 3 is 2.70 bits per heavy atom. The Balaban J connectivity index is 1.80. The van der Waals surface area contributed by atoms with Gasteiger partial charge in [0.05, 0.1) is 18.7 Å². The maximum absolute atomic E-state index is 11.8. The minimum absolute atomic E-state index is 0.148. The molecule has 1 aromatic carbocycles. The van der Waals surface area contributed by atoms with E-state index in [1.807, 2.05) is 6.07 Å². The number of furan rings is 1. The SMILES string of the molecule is COc1ccc(CCC(=O)NCc2ccc(C(=O)O)o2)cc1Cl. The van der Waals surface area contributed by atoms with Crippen molar-refractivity contribution in [1.82, 2.24) is 5.32 Å². The Hall–Kier alpha value is -2.47. The lowest BCUT2D eigenvalue weighted by molar-refractivity contribution is -0.121. The zero-order chi connectivity index (χ0) is 16.8. The summed E-state index contributed by atoms with van der Waals surface area (Å²) < 4.78 is 10.1. The first-order chi connectivity index (χ1) is 11.0. The first-order valence-electron chi connectivity index (χ1n) is 6.90. The van der Waals surface area contributed by atoms with Crippen molar-refractivity contribution in [3.8, 4) is 5.75 Å². The number of aromatic carboxylic acids is 1. The maximum atomic E-state index is 11.8. The summed E-state index contributed by atoms with van der Waals surface area (Å²) in [5.41, 5.74) is 0.928. The van der Waals surface area contributed by atoms with Gasteiger partial charge in [-0.2, -0.15) is 0 Å². The van der Waals surface area contributed by atoms with Crippen molar-refractivity contribution in [3.63, 3.8) is 0 Å². The first kappa shape index (κ1) is 16.9. The Bertz CT molecular complexity index is 710. The van der Waals surface area contributed by atoms with Crippen molar-refractivity contribution in [2.45, 2.75) is 19.4 Å². The lowest BCUT2D eigenvalue weighted by atomic mass is 10.1. The van der Waals surface area contributed by atoms with Crippen molar-refractivity contribution in [3.05, 3.63) is 52.4 Å². The van der Waals surface area contributed by atoms with E-state index in [4.69, 9.17) is 25.9 Å². The normalized spacial score (nSPS) is 10.3. The molecule has 6 nitrogen and oxygen atoms in total. The van der Waals surface area contributed by atoms with E-state index in [9.17, 15) is 9.59 Å². The van der Waals surface area contributed by atoms with E-state index in [2.05, 4.69) is 5.32 Å². The van der Waals surface area contributed by atoms with Gasteiger partial charge in [0, 0.05) is 6.42 Å². The van der Waals surface area contributed by atoms with Crippen LogP contribution in [0.3, 0.4) is 0 Å². The average Bonchev–Trinajstić information content (AvgIpc) is 3.00. The quantitative estimate of drug-likeness (QED) is 0.811. The van der Waals surface area contributed by atoms with Crippen LogP contribution < -0.4 is 10.1 Å². The highest BCUT2D eigenvalue weighted by molar-refractivity contribution is 6.32. The summed E-state index contributed by atoms with van der Waals surface area (Å²) in [6.07, 6.45) is 0.823. The second kappa shape index (κ2) is 7.69. The van der Waals surface area contributed by atoms with Gasteiger partial charge in [-0.05, 0) is 36.2 Å². The summed E-state index contributed by atoms with van der Waals surface area (Å²) in [5.74, 6) is -0.471. The maximum Gasteiger partial charge on any atom is 0.371 e. The third-order valence-electron chi connectivity index (χ3n) is 3.19. The van der Waals surface area contributed by atoms with E-state index < -0.39 is 5.97 Å². The molecule has 2 rings (SSSR count). The first-order valence-corrected chi connectivity index (χ1v) is 7.28. The van der Waals surface area contributed by atoms with Crippen molar-refractivity contribution in [1.29, 1.82) is 0 Å². The van der Waals surface area contributed by atoms with Crippen LogP contribution in [0, 0.1) is 0 Å². The highest BCUT2D eigenvalue weighted by atomic mass is 35.5. The summed E-state index contributed by atoms with van der Waals surface area (Å²) in [6.45, 7) is 0.148. The molecule has 0 saturated carbocycles. The number of carboxylic acids is 1. The van der Waals surface area contributed by atoms with Crippen LogP contribution in [0.25, 0.3) is 0 Å². The number of nitrogens with one attached hydrogen (secondary N) is 1. The van der Waals surface area contributed by atoms with Crippen LogP contribution in [0.4, 0.5) is 0 Å². The lowest BCUT2D eigenvalue weighted by Crippen LogP contribution is -2.22. The Morgan fingerprint density at radius 1 is 1.30 bits per heavy atom. The van der Waals surface area contributed by atoms with Crippen LogP contribution in [-0.2, 0) is 17.8 Å². The zero-order valence-corrected chi connectivity index (χ0v) is 13.2. The van der Waals surface area contributed by atoms with Crippen molar-refractivity contribution >= 4 is 23.5 Å². The van der Waals surface area contributed by atoms with Gasteiger partial charge in [0.2, 0.25) is 11.7 Å². The Labute approximate surface area is 138 Å². The van der Waals surface area contributed by atoms with Gasteiger partial charge in [-0.1, -0.05) is 17.7 Å². The average molecular weight is 338 g/mol. The van der Waals surface area contributed by atoms with Crippen molar-refractivity contribution in [2.75, 3.05) is 7.11 Å². The molecule has 1 aromatic heterocycles. The number of hydrogen-bond acceptors (Lipinski definition) is 4. The van der Waals surface area contributed by atoms with Crippen LogP contribution in [0.15, 0.2) is 34.7 Å². The fraction of sp³-hybridized carbons (Fsp3) is 0.250. The predicted octanol–water partition coefficient (Wildman–Crippen LogP) is 2.89. The summed E-state index contributed by atoms with van der Waals surface area (Å²) in [7, 11) is 1.54. The van der Waals surface area contributed by atoms with Gasteiger partial charge in [0.25, 0.3) is 0 Å². The molecule has 0 bridgehead atoms. The van der Waals surface area contributed by atoms with E-state index in [1.54, 1.807) is 19.2 Å². The number of benzene rings is 1. The molecular weight excluding hydrogens is 322 g/mol. The molecule has 0 unspecified atom stereocenters. The molecule has 23 heavy (non-hydrogen) atoms. The highest BCUT2D eigenvalue weighted by Crippen LogP contribution is 2.25. The van der Waals surface area contributed by atoms with Crippen molar-refractivity contribution in [2.24, 2.45) is 0 Å². The van der Waals surface area contributed by atoms with Gasteiger partial charge in [0.15, 0.2) is 0 Å². The number of carbonyl (C=O) groups excluding carboxylic acids is 1. The van der Waals surface area contributed by atoms with Gasteiger partial charge in [0.1, 0.15) is 11.5 Å². The molecule has 0 saturated heterocycles. The van der Waals surface area contributed by atoms with Gasteiger partial charge < -0.3 is 19.6 Å². The molecule has 0 atom stereocenters. The number of ether oxygens (including phenoxy) is 1. The number of carboxylic acid groups (broad SMARTS) is 1. The molecule has 2 N–H and O–H groups in total. The minimum atomic E-state index is -1.14. The van der Waals surface area contributed by atoms with E-state index in [0.717, 1.165) is 5.56 Å². The Kier molecular flexibility index (Phi) is 5.65. The monoisotopic (exact) mass is 337 g/mol. The highest BCUT2D eigenvalue weighted by Gasteiger charge is 2.10. The number of carbonyl (C=O) groups is 2. The summed E-state index contributed by atoms with van der Waals surface area (Å²) in [6, 6.07) is 8.24. The van der Waals surface area contributed by atoms with Gasteiger partial charge in [-0.3, -0.25) is 4.79 Å². The van der Waals surface area contributed by atoms with Crippen LogP contribution >= 0.6 is 11.6 Å². The van der Waals surface area contributed by atoms with Gasteiger partial charge in [-0.15, -0.1) is 0 Å². The number of amides is 1. The Morgan fingerprint density at radius 2 is 2.09 bits per heavy atom. The smallest absolute Gasteiger partial charge is 0.371 e.